The van der Waals surface area contributed by atoms with E-state index >= 15 is 0 Å². The van der Waals surface area contributed by atoms with Crippen LogP contribution >= 0.6 is 0 Å². The van der Waals surface area contributed by atoms with Crippen LogP contribution in [-0.4, -0.2) is 45.4 Å². The predicted octanol–water partition coefficient (Wildman–Crippen LogP) is 2.67. The minimum Gasteiger partial charge on any atom is -0.350 e. The quantitative estimate of drug-likeness (QED) is 0.518. The number of nitrogens with zero attached hydrogens (tertiary/aromatic N) is 2. The Kier molecular flexibility index (Phi) is 5.97. The number of nitro groups is 1. The molecule has 2 aromatic rings. The third kappa shape index (κ3) is 4.67. The zero-order valence-electron chi connectivity index (χ0n) is 15.9. The number of anilines is 2. The number of hydrogen-bond acceptors (Lipinski definition) is 6. The number of nitro benzene ring substituents is 1. The van der Waals surface area contributed by atoms with Gasteiger partial charge in [-0.15, -0.1) is 0 Å². The van der Waals surface area contributed by atoms with Crippen molar-refractivity contribution in [1.82, 2.24) is 9.62 Å². The molecule has 3 rings (SSSR count). The first-order valence-corrected chi connectivity index (χ1v) is 10.6. The fourth-order valence-corrected chi connectivity index (χ4v) is 4.27. The lowest BCUT2D eigenvalue weighted by Crippen LogP contribution is -2.31. The zero-order valence-corrected chi connectivity index (χ0v) is 16.8. The molecule has 0 fully saturated rings. The monoisotopic (exact) mass is 404 g/mol. The van der Waals surface area contributed by atoms with Crippen molar-refractivity contribution in [3.63, 3.8) is 0 Å². The van der Waals surface area contributed by atoms with Crippen LogP contribution in [0.25, 0.3) is 0 Å². The first kappa shape index (κ1) is 20.2. The molecule has 9 heteroatoms. The van der Waals surface area contributed by atoms with Crippen LogP contribution in [0.2, 0.25) is 0 Å². The van der Waals surface area contributed by atoms with Gasteiger partial charge in [0.25, 0.3) is 5.69 Å². The van der Waals surface area contributed by atoms with Crippen molar-refractivity contribution in [2.75, 3.05) is 32.5 Å². The average molecular weight is 404 g/mol. The van der Waals surface area contributed by atoms with Crippen LogP contribution in [0, 0.1) is 10.1 Å². The topological polar surface area (TPSA) is 105 Å². The van der Waals surface area contributed by atoms with Crippen LogP contribution in [0.3, 0.4) is 0 Å². The molecule has 0 heterocycles. The SMILES string of the molecule is CN(C)CCNS(=O)(=O)c1ccc(Nc2ccc3c(c2)CCC3)c([N+](=O)[O-])c1. The summed E-state index contributed by atoms with van der Waals surface area (Å²) in [6.45, 7) is 0.748. The van der Waals surface area contributed by atoms with Crippen LogP contribution in [0.1, 0.15) is 17.5 Å². The Morgan fingerprint density at radius 2 is 1.86 bits per heavy atom. The number of sulfonamides is 1. The van der Waals surface area contributed by atoms with Crippen molar-refractivity contribution in [1.29, 1.82) is 0 Å². The average Bonchev–Trinajstić information content (AvgIpc) is 3.09. The maximum Gasteiger partial charge on any atom is 0.294 e. The summed E-state index contributed by atoms with van der Waals surface area (Å²) in [5.74, 6) is 0. The van der Waals surface area contributed by atoms with E-state index in [2.05, 4.69) is 10.0 Å². The standard InChI is InChI=1S/C19H24N4O4S/c1-22(2)11-10-20-28(26,27)17-8-9-18(19(13-17)23(24)25)21-16-7-6-14-4-3-5-15(14)12-16/h6-9,12-13,20-21H,3-5,10-11H2,1-2H3. The Bertz CT molecular complexity index is 989. The summed E-state index contributed by atoms with van der Waals surface area (Å²) in [4.78, 5) is 12.7. The molecule has 8 nitrogen and oxygen atoms in total. The molecule has 0 saturated carbocycles. The first-order chi connectivity index (χ1) is 13.3. The summed E-state index contributed by atoms with van der Waals surface area (Å²) < 4.78 is 27.3. The van der Waals surface area contributed by atoms with Gasteiger partial charge in [0.1, 0.15) is 5.69 Å². The van der Waals surface area contributed by atoms with Crippen molar-refractivity contribution >= 4 is 27.1 Å². The van der Waals surface area contributed by atoms with Gasteiger partial charge in [0.15, 0.2) is 0 Å². The molecule has 2 N–H and O–H groups in total. The normalized spacial score (nSPS) is 13.5. The second-order valence-electron chi connectivity index (χ2n) is 7.10. The third-order valence-electron chi connectivity index (χ3n) is 4.70. The van der Waals surface area contributed by atoms with E-state index in [1.54, 1.807) is 0 Å². The van der Waals surface area contributed by atoms with Crippen LogP contribution in [0.5, 0.6) is 0 Å². The Hall–Kier alpha value is -2.49. The van der Waals surface area contributed by atoms with Gasteiger partial charge >= 0.3 is 0 Å². The Morgan fingerprint density at radius 1 is 1.11 bits per heavy atom. The van der Waals surface area contributed by atoms with Gasteiger partial charge in [0, 0.05) is 24.8 Å². The molecule has 0 amide bonds. The number of likely N-dealkylation sites (N-methyl/N-ethyl adjacent to an activating group) is 1. The maximum absolute atomic E-state index is 12.4. The minimum absolute atomic E-state index is 0.127. The van der Waals surface area contributed by atoms with E-state index in [1.165, 1.54) is 23.3 Å². The molecule has 0 spiro atoms. The molecular weight excluding hydrogens is 380 g/mol. The largest absolute Gasteiger partial charge is 0.350 e. The molecule has 0 atom stereocenters. The molecule has 0 bridgehead atoms. The van der Waals surface area contributed by atoms with E-state index in [1.807, 2.05) is 37.2 Å². The molecular formula is C19H24N4O4S. The molecule has 0 aromatic heterocycles. The third-order valence-corrected chi connectivity index (χ3v) is 6.16. The number of hydrogen-bond donors (Lipinski definition) is 2. The summed E-state index contributed by atoms with van der Waals surface area (Å²) in [6, 6.07) is 9.82. The van der Waals surface area contributed by atoms with E-state index in [4.69, 9.17) is 0 Å². The van der Waals surface area contributed by atoms with Crippen molar-refractivity contribution in [3.8, 4) is 0 Å². The van der Waals surface area contributed by atoms with Crippen LogP contribution in [0.4, 0.5) is 17.1 Å². The van der Waals surface area contributed by atoms with E-state index in [9.17, 15) is 18.5 Å². The first-order valence-electron chi connectivity index (χ1n) is 9.08. The van der Waals surface area contributed by atoms with Gasteiger partial charge in [-0.05, 0) is 68.8 Å². The summed E-state index contributed by atoms with van der Waals surface area (Å²) in [5.41, 5.74) is 3.29. The van der Waals surface area contributed by atoms with Gasteiger partial charge in [0.2, 0.25) is 10.0 Å². The molecule has 0 unspecified atom stereocenters. The molecule has 1 aliphatic rings. The Morgan fingerprint density at radius 3 is 2.57 bits per heavy atom. The second-order valence-corrected chi connectivity index (χ2v) is 8.87. The number of aryl methyl sites for hydroxylation is 2. The number of fused-ring (bicyclic) bond motifs is 1. The highest BCUT2D eigenvalue weighted by atomic mass is 32.2. The van der Waals surface area contributed by atoms with E-state index < -0.39 is 14.9 Å². The lowest BCUT2D eigenvalue weighted by atomic mass is 10.1. The van der Waals surface area contributed by atoms with Crippen LogP contribution < -0.4 is 10.0 Å². The van der Waals surface area contributed by atoms with Crippen molar-refractivity contribution in [3.05, 3.63) is 57.6 Å². The summed E-state index contributed by atoms with van der Waals surface area (Å²) in [5, 5.41) is 14.6. The van der Waals surface area contributed by atoms with Gasteiger partial charge in [-0.25, -0.2) is 13.1 Å². The lowest BCUT2D eigenvalue weighted by Gasteiger charge is -2.12. The van der Waals surface area contributed by atoms with E-state index in [-0.39, 0.29) is 22.8 Å². The maximum atomic E-state index is 12.4. The molecule has 150 valence electrons. The van der Waals surface area contributed by atoms with Gasteiger partial charge in [-0.1, -0.05) is 6.07 Å². The van der Waals surface area contributed by atoms with E-state index in [0.717, 1.165) is 31.0 Å². The highest BCUT2D eigenvalue weighted by molar-refractivity contribution is 7.89. The highest BCUT2D eigenvalue weighted by Crippen LogP contribution is 2.32. The van der Waals surface area contributed by atoms with Crippen LogP contribution in [-0.2, 0) is 22.9 Å². The fourth-order valence-electron chi connectivity index (χ4n) is 3.23. The number of rotatable bonds is 8. The molecule has 0 aliphatic heterocycles. The van der Waals surface area contributed by atoms with Crippen molar-refractivity contribution in [2.24, 2.45) is 0 Å². The Balaban J connectivity index is 1.84. The highest BCUT2D eigenvalue weighted by Gasteiger charge is 2.22. The van der Waals surface area contributed by atoms with Gasteiger partial charge in [0.05, 0.1) is 9.82 Å². The lowest BCUT2D eigenvalue weighted by molar-refractivity contribution is -0.384. The van der Waals surface area contributed by atoms with E-state index in [0.29, 0.717) is 6.54 Å². The molecule has 1 aliphatic carbocycles. The molecule has 28 heavy (non-hydrogen) atoms. The Labute approximate surface area is 164 Å². The summed E-state index contributed by atoms with van der Waals surface area (Å²) in [7, 11) is -0.155. The predicted molar refractivity (Wildman–Crippen MR) is 109 cm³/mol. The second kappa shape index (κ2) is 8.26. The van der Waals surface area contributed by atoms with Gasteiger partial charge < -0.3 is 10.2 Å². The molecule has 2 aromatic carbocycles. The number of nitrogens with one attached hydrogen (secondary N) is 2. The smallest absolute Gasteiger partial charge is 0.294 e. The van der Waals surface area contributed by atoms with Crippen molar-refractivity contribution < 1.29 is 13.3 Å². The summed E-state index contributed by atoms with van der Waals surface area (Å²) in [6.07, 6.45) is 3.18. The summed E-state index contributed by atoms with van der Waals surface area (Å²) >= 11 is 0. The zero-order chi connectivity index (χ0) is 20.3. The van der Waals surface area contributed by atoms with Crippen LogP contribution in [0.15, 0.2) is 41.3 Å². The minimum atomic E-state index is -3.82. The number of benzene rings is 2. The fraction of sp³-hybridized carbons (Fsp3) is 0.368. The van der Waals surface area contributed by atoms with Gasteiger partial charge in [-0.3, -0.25) is 10.1 Å². The molecule has 0 radical (unpaired) electrons. The van der Waals surface area contributed by atoms with Gasteiger partial charge in [-0.2, -0.15) is 0 Å². The molecule has 0 saturated heterocycles. The van der Waals surface area contributed by atoms with Crippen molar-refractivity contribution in [2.45, 2.75) is 24.2 Å².